The Morgan fingerprint density at radius 3 is 2.81 bits per heavy atom. The van der Waals surface area contributed by atoms with Crippen LogP contribution >= 0.6 is 0 Å². The molecule has 21 heavy (non-hydrogen) atoms. The molecular formula is C14H17FN2O4. The Labute approximate surface area is 121 Å². The van der Waals surface area contributed by atoms with E-state index in [2.05, 4.69) is 0 Å². The van der Waals surface area contributed by atoms with Gasteiger partial charge >= 0.3 is 5.97 Å². The van der Waals surface area contributed by atoms with Crippen molar-refractivity contribution in [3.63, 3.8) is 0 Å². The number of nitro benzene ring substituents is 1. The minimum Gasteiger partial charge on any atom is -0.478 e. The van der Waals surface area contributed by atoms with Crippen LogP contribution in [0.2, 0.25) is 0 Å². The Morgan fingerprint density at radius 1 is 1.52 bits per heavy atom. The molecule has 7 heteroatoms. The number of carboxylic acid groups (broad SMARTS) is 1. The van der Waals surface area contributed by atoms with Gasteiger partial charge in [-0.1, -0.05) is 6.92 Å². The molecular weight excluding hydrogens is 279 g/mol. The molecule has 2 rings (SSSR count). The number of hydrogen-bond donors (Lipinski definition) is 1. The van der Waals surface area contributed by atoms with Crippen LogP contribution in [0.15, 0.2) is 12.1 Å². The molecule has 0 saturated carbocycles. The predicted octanol–water partition coefficient (Wildman–Crippen LogP) is 3.20. The minimum atomic E-state index is -1.42. The van der Waals surface area contributed by atoms with Gasteiger partial charge in [-0.25, -0.2) is 9.18 Å². The van der Waals surface area contributed by atoms with Gasteiger partial charge in [0.1, 0.15) is 11.5 Å². The van der Waals surface area contributed by atoms with Crippen molar-refractivity contribution in [1.82, 2.24) is 0 Å². The largest absolute Gasteiger partial charge is 0.478 e. The van der Waals surface area contributed by atoms with E-state index in [0.717, 1.165) is 31.7 Å². The number of rotatable bonds is 4. The Hall–Kier alpha value is -2.18. The fourth-order valence-corrected chi connectivity index (χ4v) is 2.83. The van der Waals surface area contributed by atoms with E-state index in [9.17, 15) is 19.3 Å². The molecule has 1 aromatic rings. The van der Waals surface area contributed by atoms with E-state index >= 15 is 0 Å². The summed E-state index contributed by atoms with van der Waals surface area (Å²) in [5.74, 6) is -2.50. The van der Waals surface area contributed by atoms with Crippen LogP contribution in [0, 0.1) is 15.9 Å². The Balaban J connectivity index is 2.55. The molecule has 1 heterocycles. The van der Waals surface area contributed by atoms with Gasteiger partial charge in [0, 0.05) is 12.6 Å². The van der Waals surface area contributed by atoms with Crippen molar-refractivity contribution in [3.05, 3.63) is 33.6 Å². The minimum absolute atomic E-state index is 0.115. The van der Waals surface area contributed by atoms with E-state index in [4.69, 9.17) is 5.11 Å². The zero-order valence-electron chi connectivity index (χ0n) is 11.7. The van der Waals surface area contributed by atoms with Gasteiger partial charge in [0.2, 0.25) is 0 Å². The average Bonchev–Trinajstić information content (AvgIpc) is 2.46. The Bertz CT molecular complexity index is 576. The summed E-state index contributed by atoms with van der Waals surface area (Å²) in [5, 5.41) is 20.2. The fraction of sp³-hybridized carbons (Fsp3) is 0.500. The Kier molecular flexibility index (Phi) is 4.40. The summed E-state index contributed by atoms with van der Waals surface area (Å²) in [7, 11) is 0. The lowest BCUT2D eigenvalue weighted by Crippen LogP contribution is -2.39. The molecule has 6 nitrogen and oxygen atoms in total. The molecule has 1 unspecified atom stereocenters. The zero-order chi connectivity index (χ0) is 15.6. The first-order chi connectivity index (χ1) is 9.95. The lowest BCUT2D eigenvalue weighted by atomic mass is 9.98. The van der Waals surface area contributed by atoms with E-state index in [1.54, 1.807) is 0 Å². The summed E-state index contributed by atoms with van der Waals surface area (Å²) in [5.41, 5.74) is -0.709. The van der Waals surface area contributed by atoms with Crippen molar-refractivity contribution in [2.24, 2.45) is 0 Å². The molecule has 1 fully saturated rings. The van der Waals surface area contributed by atoms with Gasteiger partial charge in [-0.3, -0.25) is 10.1 Å². The molecule has 114 valence electrons. The second-order valence-corrected chi connectivity index (χ2v) is 5.13. The maximum atomic E-state index is 13.7. The summed E-state index contributed by atoms with van der Waals surface area (Å²) in [6.45, 7) is 2.60. The highest BCUT2D eigenvalue weighted by Gasteiger charge is 2.30. The second kappa shape index (κ2) is 6.07. The molecule has 1 aliphatic heterocycles. The number of nitrogens with zero attached hydrogens (tertiary/aromatic N) is 2. The molecule has 1 saturated heterocycles. The molecule has 0 aliphatic carbocycles. The van der Waals surface area contributed by atoms with E-state index < -0.39 is 22.3 Å². The normalized spacial score (nSPS) is 18.6. The highest BCUT2D eigenvalue weighted by Crippen LogP contribution is 2.35. The number of nitro groups is 1. The molecule has 0 radical (unpaired) electrons. The molecule has 0 spiro atoms. The van der Waals surface area contributed by atoms with E-state index in [-0.39, 0.29) is 17.4 Å². The lowest BCUT2D eigenvalue weighted by molar-refractivity contribution is -0.384. The number of carbonyl (C=O) groups is 1. The predicted molar refractivity (Wildman–Crippen MR) is 75.3 cm³/mol. The third-order valence-corrected chi connectivity index (χ3v) is 3.90. The summed E-state index contributed by atoms with van der Waals surface area (Å²) in [6.07, 6.45) is 3.62. The number of anilines is 1. The highest BCUT2D eigenvalue weighted by molar-refractivity contribution is 5.90. The van der Waals surface area contributed by atoms with E-state index in [0.29, 0.717) is 12.6 Å². The highest BCUT2D eigenvalue weighted by atomic mass is 19.1. The third kappa shape index (κ3) is 2.96. The van der Waals surface area contributed by atoms with Gasteiger partial charge in [0.15, 0.2) is 0 Å². The first kappa shape index (κ1) is 15.2. The summed E-state index contributed by atoms with van der Waals surface area (Å²) < 4.78 is 13.7. The van der Waals surface area contributed by atoms with Crippen molar-refractivity contribution in [2.45, 2.75) is 38.6 Å². The van der Waals surface area contributed by atoms with Crippen LogP contribution < -0.4 is 4.90 Å². The Morgan fingerprint density at radius 2 is 2.24 bits per heavy atom. The van der Waals surface area contributed by atoms with Crippen molar-refractivity contribution in [2.75, 3.05) is 11.4 Å². The van der Waals surface area contributed by atoms with E-state index in [1.165, 1.54) is 0 Å². The first-order valence-electron chi connectivity index (χ1n) is 6.93. The van der Waals surface area contributed by atoms with Crippen molar-refractivity contribution < 1.29 is 19.2 Å². The maximum absolute atomic E-state index is 13.7. The summed E-state index contributed by atoms with van der Waals surface area (Å²) in [6, 6.07) is 1.91. The third-order valence-electron chi connectivity index (χ3n) is 3.90. The number of aromatic carboxylic acids is 1. The molecule has 0 aromatic heterocycles. The summed E-state index contributed by atoms with van der Waals surface area (Å²) in [4.78, 5) is 23.4. The van der Waals surface area contributed by atoms with E-state index in [1.807, 2.05) is 11.8 Å². The summed E-state index contributed by atoms with van der Waals surface area (Å²) >= 11 is 0. The van der Waals surface area contributed by atoms with Crippen LogP contribution in [0.3, 0.4) is 0 Å². The molecule has 1 aliphatic rings. The van der Waals surface area contributed by atoms with Crippen LogP contribution in [0.25, 0.3) is 0 Å². The molecule has 0 amide bonds. The van der Waals surface area contributed by atoms with Crippen LogP contribution in [0.5, 0.6) is 0 Å². The number of piperidine rings is 1. The van der Waals surface area contributed by atoms with Gasteiger partial charge in [-0.15, -0.1) is 0 Å². The monoisotopic (exact) mass is 296 g/mol. The van der Waals surface area contributed by atoms with Crippen LogP contribution in [-0.2, 0) is 0 Å². The quantitative estimate of drug-likeness (QED) is 0.681. The lowest BCUT2D eigenvalue weighted by Gasteiger charge is -2.36. The van der Waals surface area contributed by atoms with Gasteiger partial charge in [-0.2, -0.15) is 0 Å². The molecule has 1 aromatic carbocycles. The number of benzene rings is 1. The zero-order valence-corrected chi connectivity index (χ0v) is 11.7. The fourth-order valence-electron chi connectivity index (χ4n) is 2.83. The average molecular weight is 296 g/mol. The first-order valence-corrected chi connectivity index (χ1v) is 6.93. The van der Waals surface area contributed by atoms with Gasteiger partial charge in [-0.05, 0) is 31.7 Å². The molecule has 1 atom stereocenters. The van der Waals surface area contributed by atoms with Gasteiger partial charge in [0.05, 0.1) is 16.6 Å². The number of hydrogen-bond acceptors (Lipinski definition) is 4. The molecule has 1 N–H and O–H groups in total. The number of carboxylic acids is 1. The topological polar surface area (TPSA) is 83.7 Å². The number of halogens is 1. The van der Waals surface area contributed by atoms with Crippen molar-refractivity contribution >= 4 is 17.3 Å². The maximum Gasteiger partial charge on any atom is 0.338 e. The van der Waals surface area contributed by atoms with Gasteiger partial charge in [0.25, 0.3) is 5.69 Å². The van der Waals surface area contributed by atoms with Crippen molar-refractivity contribution in [3.8, 4) is 0 Å². The SMILES string of the molecule is CCC1CCCCN1c1cc(C(=O)O)c(F)cc1[N+](=O)[O-]. The van der Waals surface area contributed by atoms with Crippen LogP contribution in [0.1, 0.15) is 43.0 Å². The van der Waals surface area contributed by atoms with Crippen LogP contribution in [-0.4, -0.2) is 28.6 Å². The standard InChI is InChI=1S/C14H17FN2O4/c1-2-9-5-3-4-6-16(9)12-7-10(14(18)19)11(15)8-13(12)17(20)21/h7-9H,2-6H2,1H3,(H,18,19). The second-order valence-electron chi connectivity index (χ2n) is 5.13. The van der Waals surface area contributed by atoms with Gasteiger partial charge < -0.3 is 10.0 Å². The van der Waals surface area contributed by atoms with Crippen molar-refractivity contribution in [1.29, 1.82) is 0 Å². The smallest absolute Gasteiger partial charge is 0.338 e. The molecule has 0 bridgehead atoms. The van der Waals surface area contributed by atoms with Crippen LogP contribution in [0.4, 0.5) is 15.8 Å².